The van der Waals surface area contributed by atoms with Gasteiger partial charge >= 0.3 is 0 Å². The number of aliphatic imine (C=N–C) groups is 1. The van der Waals surface area contributed by atoms with Crippen molar-refractivity contribution in [2.75, 3.05) is 52.4 Å². The van der Waals surface area contributed by atoms with Crippen molar-refractivity contribution in [2.45, 2.75) is 46.2 Å². The zero-order valence-electron chi connectivity index (χ0n) is 18.5. The molecule has 2 aliphatic heterocycles. The van der Waals surface area contributed by atoms with Crippen molar-refractivity contribution in [1.82, 2.24) is 20.0 Å². The summed E-state index contributed by atoms with van der Waals surface area (Å²) in [5.41, 5.74) is 1.41. The Morgan fingerprint density at radius 2 is 1.83 bits per heavy atom. The number of piperidine rings is 1. The minimum Gasteiger partial charge on any atom is -0.357 e. The average Bonchev–Trinajstić information content (AvgIpc) is 2.73. The Balaban J connectivity index is 0.00000300. The third kappa shape index (κ3) is 7.72. The molecule has 0 aliphatic carbocycles. The number of hydrogen-bond donors (Lipinski definition) is 1. The van der Waals surface area contributed by atoms with Gasteiger partial charge < -0.3 is 15.1 Å². The number of halogens is 1. The lowest BCUT2D eigenvalue weighted by Gasteiger charge is -2.37. The standard InChI is InChI=1S/C23H39N5.HI/c1-4-24-23(25-17-22-11-8-12-28(19-22)20(2)3)27-15-13-26(14-16-27)18-21-9-6-5-7-10-21;/h5-7,9-10,20,22H,4,8,11-19H2,1-3H3,(H,24,25);1H. The van der Waals surface area contributed by atoms with E-state index in [-0.39, 0.29) is 24.0 Å². The predicted molar refractivity (Wildman–Crippen MR) is 134 cm³/mol. The van der Waals surface area contributed by atoms with Crippen molar-refractivity contribution in [3.8, 4) is 0 Å². The van der Waals surface area contributed by atoms with Gasteiger partial charge in [0.05, 0.1) is 0 Å². The Labute approximate surface area is 194 Å². The lowest BCUT2D eigenvalue weighted by atomic mass is 9.97. The second kappa shape index (κ2) is 12.7. The number of nitrogens with zero attached hydrogens (tertiary/aromatic N) is 4. The summed E-state index contributed by atoms with van der Waals surface area (Å²) >= 11 is 0. The Morgan fingerprint density at radius 1 is 1.10 bits per heavy atom. The lowest BCUT2D eigenvalue weighted by Crippen LogP contribution is -2.52. The molecule has 0 amide bonds. The summed E-state index contributed by atoms with van der Waals surface area (Å²) in [5.74, 6) is 1.81. The Morgan fingerprint density at radius 3 is 2.48 bits per heavy atom. The van der Waals surface area contributed by atoms with Crippen LogP contribution < -0.4 is 5.32 Å². The van der Waals surface area contributed by atoms with Crippen LogP contribution in [0.15, 0.2) is 35.3 Å². The molecule has 1 aromatic carbocycles. The van der Waals surface area contributed by atoms with E-state index in [1.54, 1.807) is 0 Å². The monoisotopic (exact) mass is 513 g/mol. The molecule has 1 atom stereocenters. The first kappa shape index (κ1) is 24.4. The summed E-state index contributed by atoms with van der Waals surface area (Å²) in [6, 6.07) is 11.5. The highest BCUT2D eigenvalue weighted by atomic mass is 127. The first-order valence-electron chi connectivity index (χ1n) is 11.2. The van der Waals surface area contributed by atoms with Gasteiger partial charge in [-0.05, 0) is 51.6 Å². The van der Waals surface area contributed by atoms with Gasteiger partial charge in [-0.25, -0.2) is 0 Å². The molecule has 1 aromatic rings. The van der Waals surface area contributed by atoms with Crippen molar-refractivity contribution < 1.29 is 0 Å². The first-order chi connectivity index (χ1) is 13.7. The van der Waals surface area contributed by atoms with Crippen molar-refractivity contribution in [3.63, 3.8) is 0 Å². The lowest BCUT2D eigenvalue weighted by molar-refractivity contribution is 0.142. The number of guanidine groups is 1. The Kier molecular flexibility index (Phi) is 10.7. The molecule has 0 saturated carbocycles. The fraction of sp³-hybridized carbons (Fsp3) is 0.696. The van der Waals surface area contributed by atoms with Crippen LogP contribution in [0.3, 0.4) is 0 Å². The molecule has 0 bridgehead atoms. The summed E-state index contributed by atoms with van der Waals surface area (Å²) in [6.07, 6.45) is 2.63. The molecule has 2 aliphatic rings. The van der Waals surface area contributed by atoms with E-state index in [0.29, 0.717) is 12.0 Å². The summed E-state index contributed by atoms with van der Waals surface area (Å²) in [7, 11) is 0. The van der Waals surface area contributed by atoms with Crippen LogP contribution in [0.2, 0.25) is 0 Å². The Bertz CT molecular complexity index is 599. The maximum absolute atomic E-state index is 5.05. The number of hydrogen-bond acceptors (Lipinski definition) is 3. The quantitative estimate of drug-likeness (QED) is 0.359. The summed E-state index contributed by atoms with van der Waals surface area (Å²) in [4.78, 5) is 12.7. The van der Waals surface area contributed by atoms with E-state index in [1.165, 1.54) is 31.5 Å². The molecular weight excluding hydrogens is 473 g/mol. The highest BCUT2D eigenvalue weighted by Crippen LogP contribution is 2.19. The van der Waals surface area contributed by atoms with Crippen molar-refractivity contribution in [3.05, 3.63) is 35.9 Å². The fourth-order valence-electron chi connectivity index (χ4n) is 4.32. The molecular formula is C23H40IN5. The van der Waals surface area contributed by atoms with Crippen LogP contribution in [0.1, 0.15) is 39.2 Å². The van der Waals surface area contributed by atoms with Gasteiger partial charge in [-0.3, -0.25) is 9.89 Å². The van der Waals surface area contributed by atoms with E-state index in [9.17, 15) is 0 Å². The smallest absolute Gasteiger partial charge is 0.194 e. The van der Waals surface area contributed by atoms with Gasteiger partial charge in [0, 0.05) is 58.4 Å². The fourth-order valence-corrected chi connectivity index (χ4v) is 4.32. The van der Waals surface area contributed by atoms with Crippen LogP contribution >= 0.6 is 24.0 Å². The minimum absolute atomic E-state index is 0. The highest BCUT2D eigenvalue weighted by molar-refractivity contribution is 14.0. The third-order valence-corrected chi connectivity index (χ3v) is 6.04. The number of rotatable bonds is 6. The maximum atomic E-state index is 5.05. The molecule has 0 spiro atoms. The predicted octanol–water partition coefficient (Wildman–Crippen LogP) is 3.51. The molecule has 0 radical (unpaired) electrons. The zero-order chi connectivity index (χ0) is 19.8. The molecule has 0 aromatic heterocycles. The largest absolute Gasteiger partial charge is 0.357 e. The second-order valence-corrected chi connectivity index (χ2v) is 8.54. The minimum atomic E-state index is 0. The molecule has 164 valence electrons. The van der Waals surface area contributed by atoms with Gasteiger partial charge in [-0.15, -0.1) is 24.0 Å². The van der Waals surface area contributed by atoms with Crippen LogP contribution in [-0.4, -0.2) is 79.1 Å². The third-order valence-electron chi connectivity index (χ3n) is 6.04. The van der Waals surface area contributed by atoms with Gasteiger partial charge in [0.25, 0.3) is 0 Å². The van der Waals surface area contributed by atoms with E-state index < -0.39 is 0 Å². The average molecular weight is 514 g/mol. The van der Waals surface area contributed by atoms with Gasteiger partial charge in [0.2, 0.25) is 0 Å². The molecule has 6 heteroatoms. The van der Waals surface area contributed by atoms with Crippen LogP contribution in [-0.2, 0) is 6.54 Å². The van der Waals surface area contributed by atoms with E-state index in [4.69, 9.17) is 4.99 Å². The van der Waals surface area contributed by atoms with Crippen LogP contribution in [0.4, 0.5) is 0 Å². The van der Waals surface area contributed by atoms with E-state index in [2.05, 4.69) is 71.1 Å². The SMILES string of the molecule is CCNC(=NCC1CCCN(C(C)C)C1)N1CCN(Cc2ccccc2)CC1.I. The van der Waals surface area contributed by atoms with Crippen LogP contribution in [0.5, 0.6) is 0 Å². The van der Waals surface area contributed by atoms with Gasteiger partial charge in [-0.2, -0.15) is 0 Å². The van der Waals surface area contributed by atoms with E-state index in [1.807, 2.05) is 0 Å². The highest BCUT2D eigenvalue weighted by Gasteiger charge is 2.23. The molecule has 2 saturated heterocycles. The molecule has 1 unspecified atom stereocenters. The number of nitrogens with one attached hydrogen (secondary N) is 1. The number of piperazine rings is 1. The Hall–Kier alpha value is -0.860. The number of likely N-dealkylation sites (tertiary alicyclic amines) is 1. The normalized spacial score (nSPS) is 21.9. The first-order valence-corrected chi connectivity index (χ1v) is 11.2. The molecule has 2 heterocycles. The summed E-state index contributed by atoms with van der Waals surface area (Å²) < 4.78 is 0. The molecule has 1 N–H and O–H groups in total. The maximum Gasteiger partial charge on any atom is 0.194 e. The van der Waals surface area contributed by atoms with Crippen molar-refractivity contribution in [1.29, 1.82) is 0 Å². The topological polar surface area (TPSA) is 34.1 Å². The van der Waals surface area contributed by atoms with Crippen LogP contribution in [0, 0.1) is 5.92 Å². The second-order valence-electron chi connectivity index (χ2n) is 8.54. The van der Waals surface area contributed by atoms with Gasteiger partial charge in [0.1, 0.15) is 0 Å². The van der Waals surface area contributed by atoms with E-state index >= 15 is 0 Å². The molecule has 3 rings (SSSR count). The zero-order valence-corrected chi connectivity index (χ0v) is 20.8. The molecule has 2 fully saturated rings. The van der Waals surface area contributed by atoms with Crippen molar-refractivity contribution >= 4 is 29.9 Å². The summed E-state index contributed by atoms with van der Waals surface area (Å²) in [6.45, 7) is 16.5. The molecule has 29 heavy (non-hydrogen) atoms. The summed E-state index contributed by atoms with van der Waals surface area (Å²) in [5, 5.41) is 3.53. The van der Waals surface area contributed by atoms with Gasteiger partial charge in [-0.1, -0.05) is 30.3 Å². The van der Waals surface area contributed by atoms with Crippen LogP contribution in [0.25, 0.3) is 0 Å². The van der Waals surface area contributed by atoms with Crippen molar-refractivity contribution in [2.24, 2.45) is 10.9 Å². The molecule has 5 nitrogen and oxygen atoms in total. The van der Waals surface area contributed by atoms with Gasteiger partial charge in [0.15, 0.2) is 5.96 Å². The van der Waals surface area contributed by atoms with E-state index in [0.717, 1.165) is 51.8 Å². The number of benzene rings is 1.